The Balaban J connectivity index is 2.53. The van der Waals surface area contributed by atoms with Crippen LogP contribution in [0.4, 0.5) is 5.69 Å². The molecule has 1 heterocycles. The zero-order valence-corrected chi connectivity index (χ0v) is 10.2. The minimum Gasteiger partial charge on any atom is -0.468 e. The molecule has 0 bridgehead atoms. The van der Waals surface area contributed by atoms with Crippen LogP contribution in [0.3, 0.4) is 0 Å². The predicted octanol–water partition coefficient (Wildman–Crippen LogP) is 2.20. The summed E-state index contributed by atoms with van der Waals surface area (Å²) in [5, 5.41) is 0.997. The maximum absolute atomic E-state index is 11.7. The molecule has 0 spiro atoms. The van der Waals surface area contributed by atoms with Gasteiger partial charge in [0.25, 0.3) is 0 Å². The van der Waals surface area contributed by atoms with Crippen LogP contribution in [0.5, 0.6) is 0 Å². The molecule has 1 aromatic heterocycles. The van der Waals surface area contributed by atoms with Crippen molar-refractivity contribution >= 4 is 22.6 Å². The smallest absolute Gasteiger partial charge is 0.317 e. The molecule has 17 heavy (non-hydrogen) atoms. The topological polar surface area (TPSA) is 68.1 Å². The van der Waals surface area contributed by atoms with Crippen LogP contribution in [0.1, 0.15) is 19.5 Å². The van der Waals surface area contributed by atoms with Crippen molar-refractivity contribution in [2.75, 3.05) is 12.8 Å². The number of rotatable bonds is 2. The average Bonchev–Trinajstić information content (AvgIpc) is 2.71. The van der Waals surface area contributed by atoms with E-state index < -0.39 is 5.41 Å². The number of H-pyrrole nitrogens is 1. The van der Waals surface area contributed by atoms with E-state index in [1.54, 1.807) is 0 Å². The fraction of sp³-hybridized carbons (Fsp3) is 0.308. The lowest BCUT2D eigenvalue weighted by Crippen LogP contribution is -2.30. The van der Waals surface area contributed by atoms with E-state index in [9.17, 15) is 4.79 Å². The highest BCUT2D eigenvalue weighted by Crippen LogP contribution is 2.28. The number of anilines is 1. The van der Waals surface area contributed by atoms with Crippen LogP contribution < -0.4 is 5.73 Å². The molecular weight excluding hydrogens is 216 g/mol. The van der Waals surface area contributed by atoms with Crippen LogP contribution in [-0.2, 0) is 14.9 Å². The standard InChI is InChI=1S/C13H16N2O2/c1-13(2,12(16)17-3)11-7-8-6-9(14)4-5-10(8)15-11/h4-7,15H,14H2,1-3H3. The molecule has 0 amide bonds. The molecule has 4 nitrogen and oxygen atoms in total. The van der Waals surface area contributed by atoms with Crippen LogP contribution in [0, 0.1) is 0 Å². The molecule has 4 heteroatoms. The Morgan fingerprint density at radius 2 is 2.06 bits per heavy atom. The molecule has 2 aromatic rings. The van der Waals surface area contributed by atoms with Crippen molar-refractivity contribution < 1.29 is 9.53 Å². The van der Waals surface area contributed by atoms with E-state index in [-0.39, 0.29) is 5.97 Å². The third-order valence-electron chi connectivity index (χ3n) is 3.01. The summed E-state index contributed by atoms with van der Waals surface area (Å²) in [6.45, 7) is 3.65. The molecule has 0 unspecified atom stereocenters. The molecule has 0 aliphatic rings. The van der Waals surface area contributed by atoms with Crippen LogP contribution in [-0.4, -0.2) is 18.1 Å². The van der Waals surface area contributed by atoms with Crippen molar-refractivity contribution in [3.8, 4) is 0 Å². The fourth-order valence-corrected chi connectivity index (χ4v) is 1.85. The number of aromatic nitrogens is 1. The number of hydrogen-bond acceptors (Lipinski definition) is 3. The van der Waals surface area contributed by atoms with Gasteiger partial charge in [-0.2, -0.15) is 0 Å². The minimum absolute atomic E-state index is 0.267. The van der Waals surface area contributed by atoms with Gasteiger partial charge in [-0.1, -0.05) is 0 Å². The van der Waals surface area contributed by atoms with Gasteiger partial charge in [-0.25, -0.2) is 0 Å². The number of esters is 1. The molecule has 3 N–H and O–H groups in total. The number of ether oxygens (including phenoxy) is 1. The molecule has 0 saturated heterocycles. The van der Waals surface area contributed by atoms with Crippen LogP contribution >= 0.6 is 0 Å². The van der Waals surface area contributed by atoms with Gasteiger partial charge in [0.1, 0.15) is 5.41 Å². The van der Waals surface area contributed by atoms with E-state index in [1.807, 2.05) is 38.1 Å². The largest absolute Gasteiger partial charge is 0.468 e. The van der Waals surface area contributed by atoms with Crippen molar-refractivity contribution in [3.63, 3.8) is 0 Å². The summed E-state index contributed by atoms with van der Waals surface area (Å²) >= 11 is 0. The summed E-state index contributed by atoms with van der Waals surface area (Å²) in [5.74, 6) is -0.267. The first kappa shape index (κ1) is 11.5. The van der Waals surface area contributed by atoms with E-state index in [1.165, 1.54) is 7.11 Å². The molecule has 1 aromatic carbocycles. The Bertz CT molecular complexity index is 570. The molecule has 90 valence electrons. The predicted molar refractivity (Wildman–Crippen MR) is 67.8 cm³/mol. The van der Waals surface area contributed by atoms with Gasteiger partial charge in [0.15, 0.2) is 0 Å². The molecule has 2 rings (SSSR count). The first-order chi connectivity index (χ1) is 7.95. The highest BCUT2D eigenvalue weighted by Gasteiger charge is 2.32. The van der Waals surface area contributed by atoms with Gasteiger partial charge in [-0.15, -0.1) is 0 Å². The first-order valence-corrected chi connectivity index (χ1v) is 5.42. The number of methoxy groups -OCH3 is 1. The molecular formula is C13H16N2O2. The highest BCUT2D eigenvalue weighted by molar-refractivity contribution is 5.88. The van der Waals surface area contributed by atoms with Crippen molar-refractivity contribution in [1.82, 2.24) is 4.98 Å². The zero-order chi connectivity index (χ0) is 12.6. The summed E-state index contributed by atoms with van der Waals surface area (Å²) < 4.78 is 4.81. The summed E-state index contributed by atoms with van der Waals surface area (Å²) in [5.41, 5.74) is 7.53. The first-order valence-electron chi connectivity index (χ1n) is 5.42. The van der Waals surface area contributed by atoms with Crippen molar-refractivity contribution in [2.24, 2.45) is 0 Å². The number of aromatic amines is 1. The summed E-state index contributed by atoms with van der Waals surface area (Å²) in [4.78, 5) is 14.9. The van der Waals surface area contributed by atoms with E-state index >= 15 is 0 Å². The number of fused-ring (bicyclic) bond motifs is 1. The fourth-order valence-electron chi connectivity index (χ4n) is 1.85. The quantitative estimate of drug-likeness (QED) is 0.616. The number of hydrogen-bond donors (Lipinski definition) is 2. The van der Waals surface area contributed by atoms with Crippen LogP contribution in [0.15, 0.2) is 24.3 Å². The van der Waals surface area contributed by atoms with Crippen LogP contribution in [0.2, 0.25) is 0 Å². The Morgan fingerprint density at radius 3 is 2.71 bits per heavy atom. The third kappa shape index (κ3) is 1.86. The average molecular weight is 232 g/mol. The Labute approximate surface area is 99.8 Å². The van der Waals surface area contributed by atoms with Gasteiger partial charge in [-0.05, 0) is 38.1 Å². The molecule has 0 saturated carbocycles. The number of benzene rings is 1. The van der Waals surface area contributed by atoms with E-state index in [4.69, 9.17) is 10.5 Å². The van der Waals surface area contributed by atoms with E-state index in [2.05, 4.69) is 4.98 Å². The second-order valence-electron chi connectivity index (χ2n) is 4.65. The van der Waals surface area contributed by atoms with Crippen LogP contribution in [0.25, 0.3) is 10.9 Å². The highest BCUT2D eigenvalue weighted by atomic mass is 16.5. The zero-order valence-electron chi connectivity index (χ0n) is 10.2. The maximum Gasteiger partial charge on any atom is 0.317 e. The lowest BCUT2D eigenvalue weighted by molar-refractivity contribution is -0.146. The lowest BCUT2D eigenvalue weighted by atomic mass is 9.89. The number of carbonyl (C=O) groups excluding carboxylic acids is 1. The van der Waals surface area contributed by atoms with Crippen molar-refractivity contribution in [2.45, 2.75) is 19.3 Å². The lowest BCUT2D eigenvalue weighted by Gasteiger charge is -2.19. The molecule has 0 fully saturated rings. The van der Waals surface area contributed by atoms with E-state index in [0.29, 0.717) is 5.69 Å². The Kier molecular flexibility index (Phi) is 2.58. The van der Waals surface area contributed by atoms with Gasteiger partial charge in [-0.3, -0.25) is 4.79 Å². The summed E-state index contributed by atoms with van der Waals surface area (Å²) in [6, 6.07) is 7.54. The molecule has 0 atom stereocenters. The number of nitrogens with two attached hydrogens (primary N) is 1. The second-order valence-corrected chi connectivity index (χ2v) is 4.65. The second kappa shape index (κ2) is 3.80. The summed E-state index contributed by atoms with van der Waals surface area (Å²) in [7, 11) is 1.39. The molecule has 0 aliphatic carbocycles. The van der Waals surface area contributed by atoms with E-state index in [0.717, 1.165) is 16.6 Å². The SMILES string of the molecule is COC(=O)C(C)(C)c1cc2cc(N)ccc2[nH]1. The monoisotopic (exact) mass is 232 g/mol. The van der Waals surface area contributed by atoms with Gasteiger partial charge in [0.05, 0.1) is 7.11 Å². The number of carbonyl (C=O) groups is 1. The Hall–Kier alpha value is -1.97. The molecule has 0 radical (unpaired) electrons. The Morgan fingerprint density at radius 1 is 1.35 bits per heavy atom. The molecule has 0 aliphatic heterocycles. The minimum atomic E-state index is -0.692. The maximum atomic E-state index is 11.7. The van der Waals surface area contributed by atoms with Crippen molar-refractivity contribution in [1.29, 1.82) is 0 Å². The van der Waals surface area contributed by atoms with Crippen molar-refractivity contribution in [3.05, 3.63) is 30.0 Å². The number of nitrogen functional groups attached to an aromatic ring is 1. The van der Waals surface area contributed by atoms with Gasteiger partial charge in [0, 0.05) is 22.3 Å². The third-order valence-corrected chi connectivity index (χ3v) is 3.01. The number of nitrogens with one attached hydrogen (secondary N) is 1. The van der Waals surface area contributed by atoms with Gasteiger partial charge < -0.3 is 15.5 Å². The summed E-state index contributed by atoms with van der Waals surface area (Å²) in [6.07, 6.45) is 0. The normalized spacial score (nSPS) is 11.7. The van der Waals surface area contributed by atoms with Gasteiger partial charge >= 0.3 is 5.97 Å². The van der Waals surface area contributed by atoms with Gasteiger partial charge in [0.2, 0.25) is 0 Å².